The summed E-state index contributed by atoms with van der Waals surface area (Å²) in [5, 5.41) is 0. The van der Waals surface area contributed by atoms with Gasteiger partial charge in [0.2, 0.25) is 0 Å². The van der Waals surface area contributed by atoms with Gasteiger partial charge < -0.3 is 28.9 Å². The summed E-state index contributed by atoms with van der Waals surface area (Å²) < 4.78 is 17.0. The van der Waals surface area contributed by atoms with Crippen LogP contribution in [0.5, 0.6) is 0 Å². The highest BCUT2D eigenvalue weighted by Crippen LogP contribution is 1.91. The molecule has 0 unspecified atom stereocenters. The summed E-state index contributed by atoms with van der Waals surface area (Å²) in [6, 6.07) is 0. The lowest BCUT2D eigenvalue weighted by atomic mass is 10.5. The van der Waals surface area contributed by atoms with Crippen LogP contribution < -0.4 is 0 Å². The van der Waals surface area contributed by atoms with Gasteiger partial charge in [0.05, 0.1) is 39.6 Å². The summed E-state index contributed by atoms with van der Waals surface area (Å²) in [5.74, 6) is 0. The molecule has 0 aromatic rings. The molecule has 0 N–H and O–H groups in total. The first-order valence-corrected chi connectivity index (χ1v) is 7.97. The second kappa shape index (κ2) is 12.3. The van der Waals surface area contributed by atoms with E-state index >= 15 is 0 Å². The normalized spacial score (nSPS) is 25.3. The third kappa shape index (κ3) is 11.0. The molecule has 0 aromatic heterocycles. The van der Waals surface area contributed by atoms with E-state index in [9.17, 15) is 0 Å². The van der Waals surface area contributed by atoms with Gasteiger partial charge in [-0.25, -0.2) is 0 Å². The molecule has 126 valence electrons. The van der Waals surface area contributed by atoms with Gasteiger partial charge in [0.15, 0.2) is 0 Å². The lowest BCUT2D eigenvalue weighted by Gasteiger charge is -2.21. The standard InChI is InChI=1S/C15H33N3O3/c1-16-4-10-19-12-6-17(2)8-14-21-15-9-18(3)7-13-20-11-5-16/h4-15H2,1-3H3. The van der Waals surface area contributed by atoms with E-state index in [1.54, 1.807) is 0 Å². The predicted molar refractivity (Wildman–Crippen MR) is 84.9 cm³/mol. The summed E-state index contributed by atoms with van der Waals surface area (Å²) in [4.78, 5) is 6.76. The third-order valence-corrected chi connectivity index (χ3v) is 3.70. The fourth-order valence-electron chi connectivity index (χ4n) is 1.96. The largest absolute Gasteiger partial charge is 0.379 e. The Morgan fingerprint density at radius 1 is 0.429 bits per heavy atom. The lowest BCUT2D eigenvalue weighted by Crippen LogP contribution is -2.32. The van der Waals surface area contributed by atoms with Crippen molar-refractivity contribution in [2.45, 2.75) is 0 Å². The SMILES string of the molecule is CN1CCOCCN(C)CCOCCN(C)CCOCC1. The quantitative estimate of drug-likeness (QED) is 0.619. The van der Waals surface area contributed by atoms with Gasteiger partial charge in [-0.2, -0.15) is 0 Å². The average Bonchev–Trinajstić information content (AvgIpc) is 2.45. The summed E-state index contributed by atoms with van der Waals surface area (Å²) in [5.41, 5.74) is 0. The first-order chi connectivity index (χ1) is 10.2. The third-order valence-electron chi connectivity index (χ3n) is 3.70. The van der Waals surface area contributed by atoms with Gasteiger partial charge in [-0.15, -0.1) is 0 Å². The van der Waals surface area contributed by atoms with Crippen LogP contribution in [0.1, 0.15) is 0 Å². The molecular formula is C15H33N3O3. The number of likely N-dealkylation sites (N-methyl/N-ethyl adjacent to an activating group) is 3. The summed E-state index contributed by atoms with van der Waals surface area (Å²) in [6.45, 7) is 10.4. The second-order valence-corrected chi connectivity index (χ2v) is 5.75. The van der Waals surface area contributed by atoms with Gasteiger partial charge >= 0.3 is 0 Å². The highest BCUT2D eigenvalue weighted by atomic mass is 16.5. The summed E-state index contributed by atoms with van der Waals surface area (Å²) in [7, 11) is 6.34. The topological polar surface area (TPSA) is 37.4 Å². The van der Waals surface area contributed by atoms with E-state index < -0.39 is 0 Å². The zero-order valence-electron chi connectivity index (χ0n) is 14.1. The molecule has 0 atom stereocenters. The Kier molecular flexibility index (Phi) is 11.0. The molecule has 0 aliphatic carbocycles. The summed E-state index contributed by atoms with van der Waals surface area (Å²) in [6.07, 6.45) is 0. The van der Waals surface area contributed by atoms with E-state index in [0.29, 0.717) is 0 Å². The Balaban J connectivity index is 2.24. The molecule has 1 heterocycles. The monoisotopic (exact) mass is 303 g/mol. The Bertz CT molecular complexity index is 188. The number of hydrogen-bond acceptors (Lipinski definition) is 6. The van der Waals surface area contributed by atoms with Crippen molar-refractivity contribution in [3.8, 4) is 0 Å². The minimum atomic E-state index is 0.781. The van der Waals surface area contributed by atoms with Crippen LogP contribution in [0.25, 0.3) is 0 Å². The molecular weight excluding hydrogens is 270 g/mol. The van der Waals surface area contributed by atoms with Crippen LogP contribution in [-0.2, 0) is 14.2 Å². The molecule has 0 radical (unpaired) electrons. The average molecular weight is 303 g/mol. The molecule has 1 aliphatic heterocycles. The number of rotatable bonds is 0. The van der Waals surface area contributed by atoms with E-state index in [2.05, 4.69) is 35.8 Å². The molecule has 0 spiro atoms. The zero-order chi connectivity index (χ0) is 15.3. The van der Waals surface area contributed by atoms with Crippen molar-refractivity contribution in [1.29, 1.82) is 0 Å². The predicted octanol–water partition coefficient (Wildman–Crippen LogP) is -0.155. The van der Waals surface area contributed by atoms with Crippen LogP contribution in [0.3, 0.4) is 0 Å². The molecule has 1 aliphatic rings. The molecule has 1 rings (SSSR count). The highest BCUT2D eigenvalue weighted by Gasteiger charge is 2.03. The van der Waals surface area contributed by atoms with E-state index in [4.69, 9.17) is 14.2 Å². The van der Waals surface area contributed by atoms with Gasteiger partial charge in [-0.1, -0.05) is 0 Å². The Hall–Kier alpha value is -0.240. The van der Waals surface area contributed by atoms with Crippen molar-refractivity contribution in [2.75, 3.05) is 100 Å². The Labute approximate surface area is 129 Å². The number of ether oxygens (including phenoxy) is 3. The maximum absolute atomic E-state index is 5.66. The van der Waals surface area contributed by atoms with Crippen LogP contribution in [0.2, 0.25) is 0 Å². The molecule has 0 aromatic carbocycles. The highest BCUT2D eigenvalue weighted by molar-refractivity contribution is 4.55. The maximum atomic E-state index is 5.66. The minimum absolute atomic E-state index is 0.781. The molecule has 0 amide bonds. The molecule has 1 saturated heterocycles. The van der Waals surface area contributed by atoms with Crippen LogP contribution in [0.15, 0.2) is 0 Å². The zero-order valence-corrected chi connectivity index (χ0v) is 14.1. The van der Waals surface area contributed by atoms with Crippen molar-refractivity contribution in [1.82, 2.24) is 14.7 Å². The van der Waals surface area contributed by atoms with Gasteiger partial charge in [0.1, 0.15) is 0 Å². The van der Waals surface area contributed by atoms with E-state index in [1.807, 2.05) is 0 Å². The van der Waals surface area contributed by atoms with Crippen molar-refractivity contribution in [3.05, 3.63) is 0 Å². The van der Waals surface area contributed by atoms with Crippen molar-refractivity contribution in [2.24, 2.45) is 0 Å². The molecule has 21 heavy (non-hydrogen) atoms. The van der Waals surface area contributed by atoms with Crippen LogP contribution in [-0.4, -0.2) is 115 Å². The maximum Gasteiger partial charge on any atom is 0.0594 e. The smallest absolute Gasteiger partial charge is 0.0594 e. The minimum Gasteiger partial charge on any atom is -0.379 e. The van der Waals surface area contributed by atoms with Gasteiger partial charge in [0, 0.05) is 39.3 Å². The van der Waals surface area contributed by atoms with Crippen LogP contribution in [0.4, 0.5) is 0 Å². The number of nitrogens with zero attached hydrogens (tertiary/aromatic N) is 3. The van der Waals surface area contributed by atoms with E-state index in [-0.39, 0.29) is 0 Å². The molecule has 0 saturated carbocycles. The van der Waals surface area contributed by atoms with Gasteiger partial charge in [-0.3, -0.25) is 0 Å². The second-order valence-electron chi connectivity index (χ2n) is 5.75. The fourth-order valence-corrected chi connectivity index (χ4v) is 1.96. The molecule has 0 bridgehead atoms. The Morgan fingerprint density at radius 2 is 0.619 bits per heavy atom. The molecule has 6 nitrogen and oxygen atoms in total. The molecule has 1 fully saturated rings. The first kappa shape index (κ1) is 18.8. The first-order valence-electron chi connectivity index (χ1n) is 7.97. The number of hydrogen-bond donors (Lipinski definition) is 0. The van der Waals surface area contributed by atoms with E-state index in [1.165, 1.54) is 0 Å². The summed E-state index contributed by atoms with van der Waals surface area (Å²) >= 11 is 0. The van der Waals surface area contributed by atoms with Crippen LogP contribution in [0, 0.1) is 0 Å². The fraction of sp³-hybridized carbons (Fsp3) is 1.00. The van der Waals surface area contributed by atoms with Crippen molar-refractivity contribution in [3.63, 3.8) is 0 Å². The molecule has 6 heteroatoms. The van der Waals surface area contributed by atoms with Crippen molar-refractivity contribution < 1.29 is 14.2 Å². The Morgan fingerprint density at radius 3 is 0.810 bits per heavy atom. The van der Waals surface area contributed by atoms with Gasteiger partial charge in [-0.05, 0) is 21.1 Å². The lowest BCUT2D eigenvalue weighted by molar-refractivity contribution is 0.0505. The van der Waals surface area contributed by atoms with Crippen LogP contribution >= 0.6 is 0 Å². The van der Waals surface area contributed by atoms with Crippen molar-refractivity contribution >= 4 is 0 Å². The van der Waals surface area contributed by atoms with Gasteiger partial charge in [0.25, 0.3) is 0 Å². The van der Waals surface area contributed by atoms with E-state index in [0.717, 1.165) is 78.9 Å².